The lowest BCUT2D eigenvalue weighted by Gasteiger charge is -2.40. The predicted octanol–water partition coefficient (Wildman–Crippen LogP) is 3.93. The summed E-state index contributed by atoms with van der Waals surface area (Å²) in [7, 11) is 0. The summed E-state index contributed by atoms with van der Waals surface area (Å²) < 4.78 is 5.70. The van der Waals surface area contributed by atoms with Crippen LogP contribution in [0.25, 0.3) is 11.1 Å². The van der Waals surface area contributed by atoms with E-state index >= 15 is 0 Å². The molecule has 1 aliphatic heterocycles. The average Bonchev–Trinajstić information content (AvgIpc) is 3.56. The summed E-state index contributed by atoms with van der Waals surface area (Å²) in [6, 6.07) is 15.8. The second-order valence-corrected chi connectivity index (χ2v) is 11.1. The zero-order valence-electron chi connectivity index (χ0n) is 19.3. The molecule has 5 atom stereocenters. The van der Waals surface area contributed by atoms with Crippen LogP contribution in [0.15, 0.2) is 48.5 Å². The molecule has 2 aromatic rings. The number of hydrogen-bond acceptors (Lipinski definition) is 5. The second-order valence-electron chi connectivity index (χ2n) is 10.1. The van der Waals surface area contributed by atoms with Crippen molar-refractivity contribution in [1.82, 2.24) is 10.2 Å². The number of aliphatic carboxylic acids is 1. The number of amides is 2. The second kappa shape index (κ2) is 8.90. The molecule has 3 fully saturated rings. The lowest BCUT2D eigenvalue weighted by atomic mass is 9.71. The highest BCUT2D eigenvalue weighted by atomic mass is 32.2. The van der Waals surface area contributed by atoms with Gasteiger partial charge in [-0.1, -0.05) is 48.5 Å². The van der Waals surface area contributed by atoms with Crippen molar-refractivity contribution in [1.29, 1.82) is 0 Å². The number of alkyl carbamates (subject to hydrolysis) is 1. The molecule has 35 heavy (non-hydrogen) atoms. The fourth-order valence-electron chi connectivity index (χ4n) is 6.48. The smallest absolute Gasteiger partial charge is 0.407 e. The number of carboxylic acids is 1. The Hall–Kier alpha value is -3.00. The summed E-state index contributed by atoms with van der Waals surface area (Å²) in [5.74, 6) is 0.451. The standard InChI is InChI=1S/C27H28N2O5S/c30-25(29-14-35-13-24(29)26(31)32)16-9-15-11-23(21(15)10-16)28-27(33)34-12-22-19-7-3-1-5-17(19)18-6-2-4-8-20(18)22/h1-8,15-16,21-24H,9-14H2,(H,28,33)(H,31,32)/t15-,16?,21-,23+,24?/m0/s1. The van der Waals surface area contributed by atoms with Crippen molar-refractivity contribution in [2.45, 2.75) is 37.3 Å². The number of hydrogen-bond donors (Lipinski definition) is 2. The van der Waals surface area contributed by atoms with Gasteiger partial charge in [0, 0.05) is 23.6 Å². The number of rotatable bonds is 5. The molecular formula is C27H28N2O5S. The van der Waals surface area contributed by atoms with E-state index in [2.05, 4.69) is 29.6 Å². The maximum Gasteiger partial charge on any atom is 0.407 e. The molecule has 0 spiro atoms. The van der Waals surface area contributed by atoms with Gasteiger partial charge in [0.15, 0.2) is 0 Å². The summed E-state index contributed by atoms with van der Waals surface area (Å²) in [5, 5.41) is 12.4. The number of carboxylic acid groups (broad SMARTS) is 1. The maximum absolute atomic E-state index is 13.0. The van der Waals surface area contributed by atoms with Crippen LogP contribution in [-0.2, 0) is 14.3 Å². The van der Waals surface area contributed by atoms with Crippen LogP contribution in [0.1, 0.15) is 36.3 Å². The molecule has 0 bridgehead atoms. The van der Waals surface area contributed by atoms with Crippen LogP contribution >= 0.6 is 11.8 Å². The predicted molar refractivity (Wildman–Crippen MR) is 132 cm³/mol. The quantitative estimate of drug-likeness (QED) is 0.657. The fourth-order valence-corrected chi connectivity index (χ4v) is 7.64. The van der Waals surface area contributed by atoms with Crippen LogP contribution in [0.3, 0.4) is 0 Å². The van der Waals surface area contributed by atoms with Gasteiger partial charge in [-0.2, -0.15) is 0 Å². The van der Waals surface area contributed by atoms with E-state index < -0.39 is 18.1 Å². The van der Waals surface area contributed by atoms with Gasteiger partial charge in [-0.25, -0.2) is 9.59 Å². The molecule has 2 N–H and O–H groups in total. The Morgan fingerprint density at radius 3 is 2.37 bits per heavy atom. The number of fused-ring (bicyclic) bond motifs is 4. The van der Waals surface area contributed by atoms with E-state index in [1.807, 2.05) is 24.3 Å². The van der Waals surface area contributed by atoms with Crippen molar-refractivity contribution >= 4 is 29.7 Å². The summed E-state index contributed by atoms with van der Waals surface area (Å²) in [4.78, 5) is 38.7. The van der Waals surface area contributed by atoms with Crippen LogP contribution in [0.4, 0.5) is 4.79 Å². The van der Waals surface area contributed by atoms with Crippen molar-refractivity contribution in [3.05, 3.63) is 59.7 Å². The van der Waals surface area contributed by atoms with Gasteiger partial charge in [0.2, 0.25) is 5.91 Å². The van der Waals surface area contributed by atoms with E-state index in [1.165, 1.54) is 38.9 Å². The molecule has 1 saturated heterocycles. The zero-order valence-corrected chi connectivity index (χ0v) is 20.1. The van der Waals surface area contributed by atoms with Gasteiger partial charge in [-0.3, -0.25) is 4.79 Å². The zero-order chi connectivity index (χ0) is 24.1. The minimum atomic E-state index is -0.931. The molecule has 2 amide bonds. The third-order valence-electron chi connectivity index (χ3n) is 8.27. The molecule has 6 rings (SSSR count). The lowest BCUT2D eigenvalue weighted by Crippen LogP contribution is -2.50. The van der Waals surface area contributed by atoms with Crippen LogP contribution in [-0.4, -0.2) is 58.3 Å². The topological polar surface area (TPSA) is 95.9 Å². The van der Waals surface area contributed by atoms with Crippen molar-refractivity contribution in [2.75, 3.05) is 18.2 Å². The third kappa shape index (κ3) is 3.88. The van der Waals surface area contributed by atoms with Gasteiger partial charge in [0.1, 0.15) is 12.6 Å². The van der Waals surface area contributed by atoms with Gasteiger partial charge in [0.25, 0.3) is 0 Å². The third-order valence-corrected chi connectivity index (χ3v) is 9.28. The highest BCUT2D eigenvalue weighted by Gasteiger charge is 2.51. The van der Waals surface area contributed by atoms with E-state index in [0.717, 1.165) is 12.8 Å². The molecule has 8 heteroatoms. The van der Waals surface area contributed by atoms with Gasteiger partial charge in [-0.15, -0.1) is 11.8 Å². The first-order valence-corrected chi connectivity index (χ1v) is 13.4. The summed E-state index contributed by atoms with van der Waals surface area (Å²) in [6.45, 7) is 0.283. The average molecular weight is 493 g/mol. The van der Waals surface area contributed by atoms with Crippen LogP contribution in [0.5, 0.6) is 0 Å². The first kappa shape index (κ1) is 22.5. The highest BCUT2D eigenvalue weighted by molar-refractivity contribution is 7.99. The SMILES string of the molecule is O=C(N[C@@H]1C[C@@H]2CC(C(=O)N3CSCC3C(=O)O)C[C@@H]21)OCC1c2ccccc2-c2ccccc21. The van der Waals surface area contributed by atoms with Crippen molar-refractivity contribution < 1.29 is 24.2 Å². The lowest BCUT2D eigenvalue weighted by molar-refractivity contribution is -0.149. The van der Waals surface area contributed by atoms with Gasteiger partial charge in [-0.05, 0) is 53.4 Å². The summed E-state index contributed by atoms with van der Waals surface area (Å²) >= 11 is 1.49. The molecule has 2 unspecified atom stereocenters. The van der Waals surface area contributed by atoms with Crippen molar-refractivity contribution in [3.63, 3.8) is 0 Å². The monoisotopic (exact) mass is 492 g/mol. The fraction of sp³-hybridized carbons (Fsp3) is 0.444. The molecule has 2 saturated carbocycles. The Morgan fingerprint density at radius 1 is 1.00 bits per heavy atom. The summed E-state index contributed by atoms with van der Waals surface area (Å²) in [5.41, 5.74) is 4.76. The number of benzene rings is 2. The number of ether oxygens (including phenoxy) is 1. The molecule has 0 aromatic heterocycles. The molecule has 3 aliphatic carbocycles. The molecule has 7 nitrogen and oxygen atoms in total. The minimum Gasteiger partial charge on any atom is -0.480 e. The Balaban J connectivity index is 1.04. The summed E-state index contributed by atoms with van der Waals surface area (Å²) in [6.07, 6.45) is 1.91. The Labute approximate surface area is 208 Å². The van der Waals surface area contributed by atoms with Crippen LogP contribution in [0, 0.1) is 17.8 Å². The number of nitrogens with one attached hydrogen (secondary N) is 1. The maximum atomic E-state index is 13.0. The number of carbonyl (C=O) groups is 3. The van der Waals surface area contributed by atoms with Crippen molar-refractivity contribution in [3.8, 4) is 11.1 Å². The number of nitrogens with zero attached hydrogens (tertiary/aromatic N) is 1. The number of carbonyl (C=O) groups excluding carboxylic acids is 2. The molecule has 182 valence electrons. The molecule has 4 aliphatic rings. The highest BCUT2D eigenvalue weighted by Crippen LogP contribution is 2.50. The van der Waals surface area contributed by atoms with Gasteiger partial charge in [0.05, 0.1) is 5.88 Å². The molecule has 0 radical (unpaired) electrons. The molecule has 2 aromatic carbocycles. The van der Waals surface area contributed by atoms with Crippen molar-refractivity contribution in [2.24, 2.45) is 17.8 Å². The first-order valence-electron chi connectivity index (χ1n) is 12.2. The Morgan fingerprint density at radius 2 is 1.69 bits per heavy atom. The van der Waals surface area contributed by atoms with E-state index in [4.69, 9.17) is 4.74 Å². The van der Waals surface area contributed by atoms with Crippen LogP contribution in [0.2, 0.25) is 0 Å². The Bertz CT molecular complexity index is 1140. The molecular weight excluding hydrogens is 464 g/mol. The largest absolute Gasteiger partial charge is 0.480 e. The Kier molecular flexibility index (Phi) is 5.71. The normalized spacial score (nSPS) is 28.6. The van der Waals surface area contributed by atoms with E-state index in [0.29, 0.717) is 24.0 Å². The van der Waals surface area contributed by atoms with E-state index in [-0.39, 0.29) is 36.3 Å². The van der Waals surface area contributed by atoms with E-state index in [9.17, 15) is 19.5 Å². The van der Waals surface area contributed by atoms with Gasteiger partial charge < -0.3 is 20.1 Å². The minimum absolute atomic E-state index is 0.0108. The first-order chi connectivity index (χ1) is 17.0. The van der Waals surface area contributed by atoms with Gasteiger partial charge >= 0.3 is 12.1 Å². The van der Waals surface area contributed by atoms with E-state index in [1.54, 1.807) is 0 Å². The number of thioether (sulfide) groups is 1. The van der Waals surface area contributed by atoms with Crippen LogP contribution < -0.4 is 5.32 Å². The molecule has 1 heterocycles.